The fourth-order valence-electron chi connectivity index (χ4n) is 2.30. The van der Waals surface area contributed by atoms with Gasteiger partial charge < -0.3 is 10.2 Å². The molecule has 22 heavy (non-hydrogen) atoms. The normalized spacial score (nSPS) is 16.5. The van der Waals surface area contributed by atoms with Crippen molar-refractivity contribution < 1.29 is 22.8 Å². The van der Waals surface area contributed by atoms with Crippen molar-refractivity contribution in [2.24, 2.45) is 5.92 Å². The zero-order valence-electron chi connectivity index (χ0n) is 11.5. The highest BCUT2D eigenvalue weighted by atomic mass is 79.9. The minimum absolute atomic E-state index is 0.0588. The van der Waals surface area contributed by atoms with E-state index in [0.717, 1.165) is 9.37 Å². The van der Waals surface area contributed by atoms with Crippen molar-refractivity contribution in [2.75, 3.05) is 18.4 Å². The van der Waals surface area contributed by atoms with Gasteiger partial charge in [0, 0.05) is 29.2 Å². The summed E-state index contributed by atoms with van der Waals surface area (Å²) in [4.78, 5) is 23.9. The Morgan fingerprint density at radius 1 is 1.14 bits per heavy atom. The number of nitrogens with zero attached hydrogens (tertiary/aromatic N) is 1. The molecule has 2 rings (SSSR count). The lowest BCUT2D eigenvalue weighted by Gasteiger charge is -2.31. The molecule has 1 aliphatic rings. The molecule has 1 heterocycles. The molecule has 120 valence electrons. The van der Waals surface area contributed by atoms with E-state index in [0.29, 0.717) is 5.69 Å². The maximum absolute atomic E-state index is 12.3. The molecular formula is C14H14BrF3N2O2. The number of carbonyl (C=O) groups is 2. The molecule has 1 saturated heterocycles. The number of likely N-dealkylation sites (tertiary alicyclic amines) is 1. The van der Waals surface area contributed by atoms with E-state index in [4.69, 9.17) is 0 Å². The Kier molecular flexibility index (Phi) is 5.10. The first kappa shape index (κ1) is 16.8. The van der Waals surface area contributed by atoms with Crippen LogP contribution < -0.4 is 5.32 Å². The maximum Gasteiger partial charge on any atom is 0.471 e. The first-order valence-electron chi connectivity index (χ1n) is 6.70. The van der Waals surface area contributed by atoms with Gasteiger partial charge in [0.2, 0.25) is 5.91 Å². The van der Waals surface area contributed by atoms with Crippen LogP contribution in [0.2, 0.25) is 0 Å². The van der Waals surface area contributed by atoms with Crippen molar-refractivity contribution in [1.82, 2.24) is 4.90 Å². The lowest BCUT2D eigenvalue weighted by molar-refractivity contribution is -0.186. The third-order valence-corrected chi connectivity index (χ3v) is 4.04. The van der Waals surface area contributed by atoms with E-state index in [2.05, 4.69) is 21.2 Å². The zero-order chi connectivity index (χ0) is 16.3. The van der Waals surface area contributed by atoms with Crippen molar-refractivity contribution in [3.63, 3.8) is 0 Å². The summed E-state index contributed by atoms with van der Waals surface area (Å²) in [5.74, 6) is -2.46. The Labute approximate surface area is 133 Å². The molecule has 0 aromatic heterocycles. The van der Waals surface area contributed by atoms with Gasteiger partial charge in [0.1, 0.15) is 0 Å². The van der Waals surface area contributed by atoms with E-state index in [1.807, 2.05) is 0 Å². The van der Waals surface area contributed by atoms with Crippen LogP contribution in [0, 0.1) is 5.92 Å². The Balaban J connectivity index is 1.87. The van der Waals surface area contributed by atoms with Crippen LogP contribution in [-0.2, 0) is 9.59 Å². The molecule has 0 atom stereocenters. The van der Waals surface area contributed by atoms with Gasteiger partial charge in [-0.1, -0.05) is 15.9 Å². The van der Waals surface area contributed by atoms with Gasteiger partial charge in [0.15, 0.2) is 0 Å². The molecule has 0 unspecified atom stereocenters. The fraction of sp³-hybridized carbons (Fsp3) is 0.429. The summed E-state index contributed by atoms with van der Waals surface area (Å²) in [5.41, 5.74) is 0.627. The zero-order valence-corrected chi connectivity index (χ0v) is 13.1. The first-order chi connectivity index (χ1) is 10.3. The number of benzene rings is 1. The molecule has 0 bridgehead atoms. The minimum Gasteiger partial charge on any atom is -0.335 e. The number of rotatable bonds is 2. The number of nitrogens with one attached hydrogen (secondary N) is 1. The number of piperidine rings is 1. The molecule has 0 aliphatic carbocycles. The summed E-state index contributed by atoms with van der Waals surface area (Å²) >= 11 is 3.28. The molecule has 1 fully saturated rings. The third-order valence-electron chi connectivity index (χ3n) is 3.51. The van der Waals surface area contributed by atoms with Crippen molar-refractivity contribution in [3.05, 3.63) is 28.7 Å². The fourth-order valence-corrected chi connectivity index (χ4v) is 2.57. The molecule has 0 radical (unpaired) electrons. The van der Waals surface area contributed by atoms with Gasteiger partial charge in [-0.3, -0.25) is 9.59 Å². The highest BCUT2D eigenvalue weighted by Crippen LogP contribution is 2.25. The number of amides is 2. The SMILES string of the molecule is O=C(Nc1ccc(Br)cc1)C1CCN(C(=O)C(F)(F)F)CC1. The lowest BCUT2D eigenvalue weighted by Crippen LogP contribution is -2.46. The van der Waals surface area contributed by atoms with Crippen LogP contribution in [0.1, 0.15) is 12.8 Å². The number of anilines is 1. The predicted octanol–water partition coefficient (Wildman–Crippen LogP) is 3.19. The number of hydrogen-bond donors (Lipinski definition) is 1. The van der Waals surface area contributed by atoms with E-state index in [9.17, 15) is 22.8 Å². The summed E-state index contributed by atoms with van der Waals surface area (Å²) < 4.78 is 37.9. The van der Waals surface area contributed by atoms with Crippen LogP contribution in [0.3, 0.4) is 0 Å². The average molecular weight is 379 g/mol. The van der Waals surface area contributed by atoms with Crippen LogP contribution >= 0.6 is 15.9 Å². The Morgan fingerprint density at radius 3 is 2.18 bits per heavy atom. The summed E-state index contributed by atoms with van der Waals surface area (Å²) in [6, 6.07) is 7.01. The number of alkyl halides is 3. The molecule has 1 aliphatic heterocycles. The van der Waals surface area contributed by atoms with Crippen LogP contribution in [0.5, 0.6) is 0 Å². The molecule has 8 heteroatoms. The highest BCUT2D eigenvalue weighted by Gasteiger charge is 2.43. The molecule has 1 aromatic rings. The predicted molar refractivity (Wildman–Crippen MR) is 78.1 cm³/mol. The van der Waals surface area contributed by atoms with E-state index < -0.39 is 12.1 Å². The second-order valence-electron chi connectivity index (χ2n) is 5.06. The second-order valence-corrected chi connectivity index (χ2v) is 5.98. The molecule has 2 amide bonds. The van der Waals surface area contributed by atoms with Crippen molar-refractivity contribution in [3.8, 4) is 0 Å². The smallest absolute Gasteiger partial charge is 0.335 e. The Bertz CT molecular complexity index is 552. The lowest BCUT2D eigenvalue weighted by atomic mass is 9.95. The summed E-state index contributed by atoms with van der Waals surface area (Å²) in [5, 5.41) is 2.73. The van der Waals surface area contributed by atoms with Gasteiger partial charge in [-0.05, 0) is 37.1 Å². The molecule has 1 N–H and O–H groups in total. The van der Waals surface area contributed by atoms with E-state index in [-0.39, 0.29) is 37.8 Å². The van der Waals surface area contributed by atoms with Crippen LogP contribution in [0.25, 0.3) is 0 Å². The molecular weight excluding hydrogens is 365 g/mol. The topological polar surface area (TPSA) is 49.4 Å². The van der Waals surface area contributed by atoms with Crippen molar-refractivity contribution >= 4 is 33.4 Å². The van der Waals surface area contributed by atoms with Crippen molar-refractivity contribution in [2.45, 2.75) is 19.0 Å². The summed E-state index contributed by atoms with van der Waals surface area (Å²) in [7, 11) is 0. The van der Waals surface area contributed by atoms with Crippen LogP contribution in [0.15, 0.2) is 28.7 Å². The van der Waals surface area contributed by atoms with E-state index in [1.165, 1.54) is 0 Å². The quantitative estimate of drug-likeness (QED) is 0.858. The average Bonchev–Trinajstić information content (AvgIpc) is 2.48. The molecule has 0 spiro atoms. The van der Waals surface area contributed by atoms with Crippen molar-refractivity contribution in [1.29, 1.82) is 0 Å². The third kappa shape index (κ3) is 4.22. The minimum atomic E-state index is -4.85. The van der Waals surface area contributed by atoms with E-state index in [1.54, 1.807) is 24.3 Å². The van der Waals surface area contributed by atoms with Crippen LogP contribution in [0.4, 0.5) is 18.9 Å². The number of halogens is 4. The highest BCUT2D eigenvalue weighted by molar-refractivity contribution is 9.10. The monoisotopic (exact) mass is 378 g/mol. The molecule has 1 aromatic carbocycles. The van der Waals surface area contributed by atoms with Gasteiger partial charge in [-0.2, -0.15) is 13.2 Å². The largest absolute Gasteiger partial charge is 0.471 e. The number of hydrogen-bond acceptors (Lipinski definition) is 2. The Hall–Kier alpha value is -1.57. The molecule has 0 saturated carbocycles. The Morgan fingerprint density at radius 2 is 1.68 bits per heavy atom. The van der Waals surface area contributed by atoms with E-state index >= 15 is 0 Å². The molecule has 4 nitrogen and oxygen atoms in total. The summed E-state index contributed by atoms with van der Waals surface area (Å²) in [6.07, 6.45) is -4.40. The summed E-state index contributed by atoms with van der Waals surface area (Å²) in [6.45, 7) is -0.118. The van der Waals surface area contributed by atoms with Gasteiger partial charge >= 0.3 is 12.1 Å². The second kappa shape index (κ2) is 6.68. The van der Waals surface area contributed by atoms with Crippen LogP contribution in [-0.4, -0.2) is 36.0 Å². The van der Waals surface area contributed by atoms with Gasteiger partial charge in [0.25, 0.3) is 0 Å². The van der Waals surface area contributed by atoms with Gasteiger partial charge in [-0.25, -0.2) is 0 Å². The van der Waals surface area contributed by atoms with Gasteiger partial charge in [-0.15, -0.1) is 0 Å². The maximum atomic E-state index is 12.3. The first-order valence-corrected chi connectivity index (χ1v) is 7.49. The number of carbonyl (C=O) groups excluding carboxylic acids is 2. The van der Waals surface area contributed by atoms with Gasteiger partial charge in [0.05, 0.1) is 0 Å². The standard InChI is InChI=1S/C14H14BrF3N2O2/c15-10-1-3-11(4-2-10)19-12(21)9-5-7-20(8-6-9)13(22)14(16,17)18/h1-4,9H,5-8H2,(H,19,21).